The lowest BCUT2D eigenvalue weighted by Gasteiger charge is -2.21. The number of urea groups is 2. The van der Waals surface area contributed by atoms with Crippen molar-refractivity contribution in [2.24, 2.45) is 0 Å². The zero-order chi connectivity index (χ0) is 24.0. The Labute approximate surface area is 196 Å². The quantitative estimate of drug-likeness (QED) is 0.494. The fourth-order valence-electron chi connectivity index (χ4n) is 3.49. The lowest BCUT2D eigenvalue weighted by Crippen LogP contribution is -2.32. The van der Waals surface area contributed by atoms with Crippen LogP contribution in [0.15, 0.2) is 66.7 Å². The van der Waals surface area contributed by atoms with Crippen molar-refractivity contribution in [3.8, 4) is 0 Å². The van der Waals surface area contributed by atoms with E-state index in [0.717, 1.165) is 27.8 Å². The van der Waals surface area contributed by atoms with Crippen LogP contribution in [-0.4, -0.2) is 36.0 Å². The Morgan fingerprint density at radius 1 is 0.667 bits per heavy atom. The van der Waals surface area contributed by atoms with E-state index in [1.165, 1.54) is 0 Å². The van der Waals surface area contributed by atoms with E-state index in [9.17, 15) is 9.59 Å². The molecule has 33 heavy (non-hydrogen) atoms. The van der Waals surface area contributed by atoms with Crippen LogP contribution in [0.2, 0.25) is 0 Å². The van der Waals surface area contributed by atoms with Crippen LogP contribution in [0.25, 0.3) is 0 Å². The summed E-state index contributed by atoms with van der Waals surface area (Å²) in [4.78, 5) is 28.8. The Balaban J connectivity index is 1.63. The lowest BCUT2D eigenvalue weighted by atomic mass is 10.1. The van der Waals surface area contributed by atoms with Gasteiger partial charge in [0, 0.05) is 38.6 Å². The van der Waals surface area contributed by atoms with Crippen LogP contribution in [0.3, 0.4) is 0 Å². The van der Waals surface area contributed by atoms with Crippen molar-refractivity contribution in [1.29, 1.82) is 0 Å². The van der Waals surface area contributed by atoms with Gasteiger partial charge in [0.25, 0.3) is 0 Å². The number of hydrogen-bond donors (Lipinski definition) is 2. The number of rotatable bonds is 6. The second kappa shape index (κ2) is 10.7. The van der Waals surface area contributed by atoms with Gasteiger partial charge in [-0.05, 0) is 60.7 Å². The summed E-state index contributed by atoms with van der Waals surface area (Å²) < 4.78 is 0. The first-order chi connectivity index (χ1) is 15.7. The van der Waals surface area contributed by atoms with Crippen LogP contribution >= 0.6 is 0 Å². The summed E-state index contributed by atoms with van der Waals surface area (Å²) in [5, 5.41) is 5.88. The van der Waals surface area contributed by atoms with Gasteiger partial charge in [0.2, 0.25) is 0 Å². The van der Waals surface area contributed by atoms with E-state index in [0.29, 0.717) is 24.5 Å². The molecule has 0 fully saturated rings. The van der Waals surface area contributed by atoms with Crippen LogP contribution in [0.5, 0.6) is 0 Å². The third-order valence-corrected chi connectivity index (χ3v) is 5.76. The Bertz CT molecular complexity index is 1140. The van der Waals surface area contributed by atoms with Gasteiger partial charge in [-0.25, -0.2) is 9.59 Å². The molecular formula is C27H32N4O2. The van der Waals surface area contributed by atoms with Gasteiger partial charge in [-0.1, -0.05) is 54.6 Å². The lowest BCUT2D eigenvalue weighted by molar-refractivity contribution is 0.220. The van der Waals surface area contributed by atoms with E-state index in [1.807, 2.05) is 81.4 Å². The highest BCUT2D eigenvalue weighted by Crippen LogP contribution is 2.22. The zero-order valence-electron chi connectivity index (χ0n) is 20.0. The summed E-state index contributed by atoms with van der Waals surface area (Å²) in [6.07, 6.45) is 0. The molecule has 0 aromatic heterocycles. The van der Waals surface area contributed by atoms with Crippen LogP contribution in [0.4, 0.5) is 21.0 Å². The number of hydrogen-bond acceptors (Lipinski definition) is 2. The predicted octanol–water partition coefficient (Wildman–Crippen LogP) is 5.94. The standard InChI is InChI=1S/C27H32N4O2/c1-19-10-6-8-12-22(19)17-30(4)26(32)28-24-15-14-21(3)25(16-24)29-27(33)31(5)18-23-13-9-7-11-20(23)2/h6-16H,17-18H2,1-5H3,(H,28,32)(H,29,33). The van der Waals surface area contributed by atoms with Gasteiger partial charge in [-0.3, -0.25) is 0 Å². The number of nitrogens with one attached hydrogen (secondary N) is 2. The molecule has 0 atom stereocenters. The smallest absolute Gasteiger partial charge is 0.321 e. The number of anilines is 2. The molecule has 172 valence electrons. The molecule has 0 saturated heterocycles. The maximum absolute atomic E-state index is 12.8. The molecule has 3 aromatic carbocycles. The second-order valence-corrected chi connectivity index (χ2v) is 8.46. The highest BCUT2D eigenvalue weighted by atomic mass is 16.2. The minimum atomic E-state index is -0.212. The van der Waals surface area contributed by atoms with Crippen molar-refractivity contribution < 1.29 is 9.59 Å². The largest absolute Gasteiger partial charge is 0.323 e. The third-order valence-electron chi connectivity index (χ3n) is 5.76. The molecule has 0 saturated carbocycles. The SMILES string of the molecule is Cc1ccccc1CN(C)C(=O)Nc1ccc(C)c(NC(=O)N(C)Cc2ccccc2C)c1. The van der Waals surface area contributed by atoms with Gasteiger partial charge in [0.05, 0.1) is 0 Å². The summed E-state index contributed by atoms with van der Waals surface area (Å²) in [5.41, 5.74) is 6.70. The van der Waals surface area contributed by atoms with E-state index < -0.39 is 0 Å². The minimum Gasteiger partial charge on any atom is -0.323 e. The van der Waals surface area contributed by atoms with Crippen molar-refractivity contribution in [2.45, 2.75) is 33.9 Å². The average molecular weight is 445 g/mol. The predicted molar refractivity (Wildman–Crippen MR) is 135 cm³/mol. The minimum absolute atomic E-state index is 0.207. The number of amides is 4. The van der Waals surface area contributed by atoms with Gasteiger partial charge in [-0.2, -0.15) is 0 Å². The number of carbonyl (C=O) groups is 2. The van der Waals surface area contributed by atoms with Crippen LogP contribution in [0, 0.1) is 20.8 Å². The highest BCUT2D eigenvalue weighted by Gasteiger charge is 2.14. The van der Waals surface area contributed by atoms with Crippen molar-refractivity contribution in [2.75, 3.05) is 24.7 Å². The molecule has 2 N–H and O–H groups in total. The van der Waals surface area contributed by atoms with Crippen LogP contribution in [0.1, 0.15) is 27.8 Å². The molecule has 3 aromatic rings. The summed E-state index contributed by atoms with van der Waals surface area (Å²) in [6, 6.07) is 21.1. The molecule has 4 amide bonds. The molecule has 0 bridgehead atoms. The summed E-state index contributed by atoms with van der Waals surface area (Å²) >= 11 is 0. The molecule has 0 radical (unpaired) electrons. The molecule has 6 nitrogen and oxygen atoms in total. The molecule has 3 rings (SSSR count). The Kier molecular flexibility index (Phi) is 7.72. The summed E-state index contributed by atoms with van der Waals surface area (Å²) in [5.74, 6) is 0. The topological polar surface area (TPSA) is 64.7 Å². The van der Waals surface area contributed by atoms with Gasteiger partial charge < -0.3 is 20.4 Å². The number of nitrogens with zero attached hydrogens (tertiary/aromatic N) is 2. The van der Waals surface area contributed by atoms with Gasteiger partial charge in [-0.15, -0.1) is 0 Å². The van der Waals surface area contributed by atoms with E-state index in [1.54, 1.807) is 30.0 Å². The first kappa shape index (κ1) is 23.9. The van der Waals surface area contributed by atoms with Crippen molar-refractivity contribution in [3.63, 3.8) is 0 Å². The Morgan fingerprint density at radius 2 is 1.15 bits per heavy atom. The molecule has 0 aliphatic rings. The summed E-state index contributed by atoms with van der Waals surface area (Å²) in [6.45, 7) is 7.02. The Morgan fingerprint density at radius 3 is 1.67 bits per heavy atom. The number of carbonyl (C=O) groups excluding carboxylic acids is 2. The average Bonchev–Trinajstić information content (AvgIpc) is 2.79. The first-order valence-electron chi connectivity index (χ1n) is 11.0. The van der Waals surface area contributed by atoms with Crippen LogP contribution < -0.4 is 10.6 Å². The third kappa shape index (κ3) is 6.35. The normalized spacial score (nSPS) is 10.5. The van der Waals surface area contributed by atoms with E-state index in [2.05, 4.69) is 10.6 Å². The second-order valence-electron chi connectivity index (χ2n) is 8.46. The Hall–Kier alpha value is -3.80. The van der Waals surface area contributed by atoms with E-state index in [-0.39, 0.29) is 12.1 Å². The zero-order valence-corrected chi connectivity index (χ0v) is 20.0. The molecule has 6 heteroatoms. The van der Waals surface area contributed by atoms with Gasteiger partial charge >= 0.3 is 12.1 Å². The van der Waals surface area contributed by atoms with Crippen molar-refractivity contribution >= 4 is 23.4 Å². The van der Waals surface area contributed by atoms with Gasteiger partial charge in [0.15, 0.2) is 0 Å². The number of aryl methyl sites for hydroxylation is 3. The van der Waals surface area contributed by atoms with Crippen molar-refractivity contribution in [3.05, 3.63) is 94.5 Å². The molecular weight excluding hydrogens is 412 g/mol. The fraction of sp³-hybridized carbons (Fsp3) is 0.259. The van der Waals surface area contributed by atoms with E-state index in [4.69, 9.17) is 0 Å². The number of benzene rings is 3. The highest BCUT2D eigenvalue weighted by molar-refractivity contribution is 5.93. The van der Waals surface area contributed by atoms with E-state index >= 15 is 0 Å². The fourth-order valence-corrected chi connectivity index (χ4v) is 3.49. The maximum atomic E-state index is 12.8. The molecule has 0 unspecified atom stereocenters. The molecule has 0 spiro atoms. The van der Waals surface area contributed by atoms with Crippen LogP contribution in [-0.2, 0) is 13.1 Å². The molecule has 0 aliphatic carbocycles. The maximum Gasteiger partial charge on any atom is 0.321 e. The molecule has 0 aliphatic heterocycles. The molecule has 0 heterocycles. The first-order valence-corrected chi connectivity index (χ1v) is 11.0. The van der Waals surface area contributed by atoms with Crippen molar-refractivity contribution in [1.82, 2.24) is 9.80 Å². The monoisotopic (exact) mass is 444 g/mol. The van der Waals surface area contributed by atoms with Gasteiger partial charge in [0.1, 0.15) is 0 Å². The summed E-state index contributed by atoms with van der Waals surface area (Å²) in [7, 11) is 3.53.